The number of nitrogens with zero attached hydrogens (tertiary/aromatic N) is 2. The number of hydrogen-bond donors (Lipinski definition) is 1. The van der Waals surface area contributed by atoms with Gasteiger partial charge in [0.25, 0.3) is 0 Å². The summed E-state index contributed by atoms with van der Waals surface area (Å²) in [5.74, 6) is 0. The van der Waals surface area contributed by atoms with Crippen LogP contribution in [0.1, 0.15) is 5.56 Å². The molecule has 0 amide bonds. The number of halogens is 2. The molecule has 0 radical (unpaired) electrons. The summed E-state index contributed by atoms with van der Waals surface area (Å²) < 4.78 is 0. The highest BCUT2D eigenvalue weighted by Gasteiger charge is 2.05. The molecule has 0 fully saturated rings. The summed E-state index contributed by atoms with van der Waals surface area (Å²) in [4.78, 5) is 3.73. The first-order valence-corrected chi connectivity index (χ1v) is 5.17. The standard InChI is InChI=1S/C11H8Cl2N3/c12-10-4-3-5-11(13)9(10)8-16-15-7-2-1-6-14/h1-5,16H,8H2/q+1/b2-1-. The maximum Gasteiger partial charge on any atom is 0.350 e. The molecule has 0 aliphatic heterocycles. The van der Waals surface area contributed by atoms with Gasteiger partial charge in [-0.25, -0.2) is 0 Å². The van der Waals surface area contributed by atoms with Crippen molar-refractivity contribution < 1.29 is 0 Å². The van der Waals surface area contributed by atoms with E-state index in [0.717, 1.165) is 5.56 Å². The molecule has 16 heavy (non-hydrogen) atoms. The average molecular weight is 253 g/mol. The van der Waals surface area contributed by atoms with Crippen LogP contribution in [0.5, 0.6) is 0 Å². The van der Waals surface area contributed by atoms with Crippen molar-refractivity contribution in [1.29, 1.82) is 5.26 Å². The smallest absolute Gasteiger partial charge is 0.193 e. The van der Waals surface area contributed by atoms with Gasteiger partial charge in [-0.2, -0.15) is 5.26 Å². The fourth-order valence-corrected chi connectivity index (χ4v) is 1.51. The lowest BCUT2D eigenvalue weighted by atomic mass is 10.2. The molecular formula is C11H8Cl2N3+. The number of benzene rings is 1. The van der Waals surface area contributed by atoms with Gasteiger partial charge in [-0.1, -0.05) is 34.7 Å². The van der Waals surface area contributed by atoms with Crippen LogP contribution < -0.4 is 5.43 Å². The molecule has 80 valence electrons. The zero-order valence-electron chi connectivity index (χ0n) is 8.24. The molecule has 0 unspecified atom stereocenters. The Morgan fingerprint density at radius 2 is 2.00 bits per heavy atom. The zero-order chi connectivity index (χ0) is 11.8. The molecule has 0 aliphatic rings. The zero-order valence-corrected chi connectivity index (χ0v) is 9.76. The van der Waals surface area contributed by atoms with E-state index in [2.05, 4.69) is 16.4 Å². The van der Waals surface area contributed by atoms with E-state index in [1.54, 1.807) is 18.2 Å². The third-order valence-corrected chi connectivity index (χ3v) is 2.40. The van der Waals surface area contributed by atoms with Crippen molar-refractivity contribution in [3.05, 3.63) is 50.9 Å². The highest BCUT2D eigenvalue weighted by Crippen LogP contribution is 2.23. The van der Waals surface area contributed by atoms with Gasteiger partial charge in [0, 0.05) is 21.7 Å². The first-order chi connectivity index (χ1) is 7.75. The molecule has 1 rings (SSSR count). The van der Waals surface area contributed by atoms with Crippen molar-refractivity contribution in [3.8, 4) is 12.1 Å². The minimum atomic E-state index is 0.409. The fourth-order valence-electron chi connectivity index (χ4n) is 0.977. The highest BCUT2D eigenvalue weighted by atomic mass is 35.5. The summed E-state index contributed by atoms with van der Waals surface area (Å²) in [6.07, 6.45) is 2.68. The SMILES string of the molecule is N#C/C=C\C#[N+]NCc1c(Cl)cccc1Cl. The molecule has 0 spiro atoms. The molecule has 5 heteroatoms. The van der Waals surface area contributed by atoms with Crippen LogP contribution in [-0.4, -0.2) is 0 Å². The van der Waals surface area contributed by atoms with E-state index < -0.39 is 0 Å². The maximum absolute atomic E-state index is 8.20. The van der Waals surface area contributed by atoms with Crippen molar-refractivity contribution >= 4 is 23.2 Å². The van der Waals surface area contributed by atoms with Gasteiger partial charge >= 0.3 is 6.07 Å². The van der Waals surface area contributed by atoms with Crippen molar-refractivity contribution in [2.75, 3.05) is 0 Å². The fraction of sp³-hybridized carbons (Fsp3) is 0.0909. The minimum absolute atomic E-state index is 0.409. The van der Waals surface area contributed by atoms with Crippen molar-refractivity contribution in [2.24, 2.45) is 0 Å². The lowest BCUT2D eigenvalue weighted by Crippen LogP contribution is -2.03. The van der Waals surface area contributed by atoms with Crippen LogP contribution >= 0.6 is 23.2 Å². The van der Waals surface area contributed by atoms with Gasteiger partial charge in [0.15, 0.2) is 0 Å². The summed E-state index contributed by atoms with van der Waals surface area (Å²) in [6.45, 7) is 0.409. The first kappa shape index (κ1) is 12.4. The highest BCUT2D eigenvalue weighted by molar-refractivity contribution is 6.35. The predicted molar refractivity (Wildman–Crippen MR) is 65.3 cm³/mol. The van der Waals surface area contributed by atoms with E-state index >= 15 is 0 Å². The second kappa shape index (κ2) is 6.74. The van der Waals surface area contributed by atoms with Gasteiger partial charge in [-0.15, -0.1) is 0 Å². The second-order valence-corrected chi connectivity index (χ2v) is 3.55. The molecule has 3 nitrogen and oxygen atoms in total. The summed E-state index contributed by atoms with van der Waals surface area (Å²) >= 11 is 11.9. The quantitative estimate of drug-likeness (QED) is 0.648. The lowest BCUT2D eigenvalue weighted by molar-refractivity contribution is 0.866. The van der Waals surface area contributed by atoms with Gasteiger partial charge in [0.2, 0.25) is 0 Å². The number of hydrogen-bond acceptors (Lipinski definition) is 2. The molecule has 1 aromatic carbocycles. The number of nitrogens with one attached hydrogen (secondary N) is 1. The summed E-state index contributed by atoms with van der Waals surface area (Å²) in [6, 6.07) is 9.63. The first-order valence-electron chi connectivity index (χ1n) is 4.41. The monoisotopic (exact) mass is 252 g/mol. The second-order valence-electron chi connectivity index (χ2n) is 2.74. The largest absolute Gasteiger partial charge is 0.350 e. The molecule has 0 atom stereocenters. The van der Waals surface area contributed by atoms with Crippen LogP contribution in [-0.2, 0) is 6.54 Å². The molecule has 1 N–H and O–H groups in total. The van der Waals surface area contributed by atoms with Crippen LogP contribution in [0.4, 0.5) is 0 Å². The van der Waals surface area contributed by atoms with Crippen molar-refractivity contribution in [1.82, 2.24) is 5.43 Å². The molecule has 0 aromatic heterocycles. The van der Waals surface area contributed by atoms with Crippen LogP contribution in [0.3, 0.4) is 0 Å². The summed E-state index contributed by atoms with van der Waals surface area (Å²) in [5, 5.41) is 9.37. The third kappa shape index (κ3) is 3.82. The molecule has 0 heterocycles. The minimum Gasteiger partial charge on any atom is -0.193 e. The third-order valence-electron chi connectivity index (χ3n) is 1.69. The van der Waals surface area contributed by atoms with Gasteiger partial charge in [0.05, 0.1) is 17.1 Å². The van der Waals surface area contributed by atoms with Crippen LogP contribution in [0.15, 0.2) is 30.4 Å². The van der Waals surface area contributed by atoms with Gasteiger partial charge in [-0.05, 0) is 12.1 Å². The number of allylic oxidation sites excluding steroid dienone is 2. The average Bonchev–Trinajstić information content (AvgIpc) is 2.26. The normalized spacial score (nSPS) is 9.31. The number of rotatable bonds is 2. The Hall–Kier alpha value is -1.68. The van der Waals surface area contributed by atoms with Crippen molar-refractivity contribution in [2.45, 2.75) is 6.54 Å². The Morgan fingerprint density at radius 3 is 2.62 bits per heavy atom. The van der Waals surface area contributed by atoms with Gasteiger partial charge in [-0.3, -0.25) is 0 Å². The van der Waals surface area contributed by atoms with Gasteiger partial charge in [0.1, 0.15) is 6.54 Å². The van der Waals surface area contributed by atoms with E-state index in [-0.39, 0.29) is 0 Å². The molecule has 0 saturated heterocycles. The van der Waals surface area contributed by atoms with Gasteiger partial charge < -0.3 is 0 Å². The summed E-state index contributed by atoms with van der Waals surface area (Å²) in [7, 11) is 0. The molecule has 1 aromatic rings. The van der Waals surface area contributed by atoms with E-state index in [9.17, 15) is 0 Å². The van der Waals surface area contributed by atoms with Crippen LogP contribution in [0.25, 0.3) is 4.95 Å². The molecule has 0 aliphatic carbocycles. The lowest BCUT2D eigenvalue weighted by Gasteiger charge is -2.01. The summed E-state index contributed by atoms with van der Waals surface area (Å²) in [5.41, 5.74) is 3.50. The molecular weight excluding hydrogens is 245 g/mol. The Morgan fingerprint density at radius 1 is 1.31 bits per heavy atom. The number of nitriles is 1. The Labute approximate surface area is 104 Å². The van der Waals surface area contributed by atoms with E-state index in [1.165, 1.54) is 12.2 Å². The van der Waals surface area contributed by atoms with Crippen LogP contribution in [0, 0.1) is 17.4 Å². The van der Waals surface area contributed by atoms with E-state index in [1.807, 2.05) is 6.07 Å². The maximum atomic E-state index is 8.20. The Balaban J connectivity index is 2.58. The topological polar surface area (TPSA) is 40.2 Å². The van der Waals surface area contributed by atoms with Crippen molar-refractivity contribution in [3.63, 3.8) is 0 Å². The van der Waals surface area contributed by atoms with Crippen LogP contribution in [0.2, 0.25) is 10.0 Å². The Kier molecular flexibility index (Phi) is 5.22. The molecule has 0 bridgehead atoms. The van der Waals surface area contributed by atoms with E-state index in [0.29, 0.717) is 16.6 Å². The van der Waals surface area contributed by atoms with E-state index in [4.69, 9.17) is 28.5 Å². The predicted octanol–water partition coefficient (Wildman–Crippen LogP) is 3.41. The molecule has 0 saturated carbocycles. The Bertz CT molecular complexity index is 472.